The Labute approximate surface area is 101 Å². The largest absolute Gasteiger partial charge is 0.460 e. The first-order valence-corrected chi connectivity index (χ1v) is 4.24. The van der Waals surface area contributed by atoms with E-state index >= 15 is 0 Å². The van der Waals surface area contributed by atoms with Crippen LogP contribution in [-0.4, -0.2) is 35.5 Å². The Balaban J connectivity index is 5.92. The second kappa shape index (κ2) is 4.48. The standard InChI is InChI=1S/C6HClF12/c7-1(8)2(9,10)3(11,12)4(13,14)5(15,16)6(17,18)19/h1H. The molecule has 0 bridgehead atoms. The molecule has 0 radical (unpaired) electrons. The first kappa shape index (κ1) is 18.4. The van der Waals surface area contributed by atoms with Crippen molar-refractivity contribution >= 4 is 11.6 Å². The van der Waals surface area contributed by atoms with E-state index in [-0.39, 0.29) is 0 Å². The van der Waals surface area contributed by atoms with Gasteiger partial charge in [0.15, 0.2) is 0 Å². The van der Waals surface area contributed by atoms with Crippen LogP contribution in [0.3, 0.4) is 0 Å². The van der Waals surface area contributed by atoms with Gasteiger partial charge in [0.05, 0.1) is 0 Å². The fourth-order valence-corrected chi connectivity index (χ4v) is 0.859. The first-order chi connectivity index (χ1) is 7.94. The number of halogens is 13. The quantitative estimate of drug-likeness (QED) is 0.519. The lowest BCUT2D eigenvalue weighted by Gasteiger charge is -2.37. The van der Waals surface area contributed by atoms with Crippen molar-refractivity contribution in [2.45, 2.75) is 35.5 Å². The molecule has 1 unspecified atom stereocenters. The highest BCUT2D eigenvalue weighted by Crippen LogP contribution is 2.58. The van der Waals surface area contributed by atoms with E-state index in [0.29, 0.717) is 0 Å². The zero-order chi connectivity index (χ0) is 16.1. The van der Waals surface area contributed by atoms with E-state index < -0.39 is 35.5 Å². The van der Waals surface area contributed by atoms with Gasteiger partial charge in [-0.3, -0.25) is 0 Å². The number of rotatable bonds is 4. The van der Waals surface area contributed by atoms with E-state index in [2.05, 4.69) is 11.6 Å². The summed E-state index contributed by atoms with van der Waals surface area (Å²) >= 11 is 3.77. The number of hydrogen-bond acceptors (Lipinski definition) is 0. The fraction of sp³-hybridized carbons (Fsp3) is 1.00. The first-order valence-electron chi connectivity index (χ1n) is 3.80. The van der Waals surface area contributed by atoms with Crippen LogP contribution >= 0.6 is 11.6 Å². The smallest absolute Gasteiger partial charge is 0.223 e. The Morgan fingerprint density at radius 1 is 0.579 bits per heavy atom. The van der Waals surface area contributed by atoms with Crippen LogP contribution in [0.1, 0.15) is 0 Å². The summed E-state index contributed by atoms with van der Waals surface area (Å²) in [5, 5.41) is 0. The fourth-order valence-electron chi connectivity index (χ4n) is 0.722. The molecular formula is C6HClF12. The molecule has 0 heterocycles. The highest BCUT2D eigenvalue weighted by atomic mass is 35.5. The highest BCUT2D eigenvalue weighted by Gasteiger charge is 2.88. The maximum Gasteiger partial charge on any atom is 0.460 e. The van der Waals surface area contributed by atoms with E-state index in [1.54, 1.807) is 0 Å². The van der Waals surface area contributed by atoms with Crippen molar-refractivity contribution in [1.82, 2.24) is 0 Å². The number of alkyl halides is 13. The van der Waals surface area contributed by atoms with E-state index in [4.69, 9.17) is 0 Å². The minimum Gasteiger partial charge on any atom is -0.223 e. The van der Waals surface area contributed by atoms with Crippen molar-refractivity contribution in [3.8, 4) is 0 Å². The summed E-state index contributed by atoms with van der Waals surface area (Å²) in [5.41, 5.74) is -4.61. The Bertz CT molecular complexity index is 328. The molecule has 0 amide bonds. The van der Waals surface area contributed by atoms with Crippen LogP contribution < -0.4 is 0 Å². The molecule has 0 fully saturated rings. The molecule has 0 N–H and O–H groups in total. The molecule has 0 aromatic rings. The van der Waals surface area contributed by atoms with E-state index in [0.717, 1.165) is 0 Å². The van der Waals surface area contributed by atoms with E-state index in [1.807, 2.05) is 0 Å². The lowest BCUT2D eigenvalue weighted by atomic mass is 9.99. The van der Waals surface area contributed by atoms with Gasteiger partial charge in [-0.1, -0.05) is 11.6 Å². The van der Waals surface area contributed by atoms with Crippen LogP contribution in [0, 0.1) is 0 Å². The van der Waals surface area contributed by atoms with Gasteiger partial charge < -0.3 is 0 Å². The Morgan fingerprint density at radius 3 is 1.11 bits per heavy atom. The normalized spacial score (nSPS) is 17.5. The summed E-state index contributed by atoms with van der Waals surface area (Å²) in [5.74, 6) is -29.2. The summed E-state index contributed by atoms with van der Waals surface area (Å²) in [7, 11) is 0. The summed E-state index contributed by atoms with van der Waals surface area (Å²) in [4.78, 5) is 0. The van der Waals surface area contributed by atoms with Crippen molar-refractivity contribution in [3.05, 3.63) is 0 Å². The lowest BCUT2D eigenvalue weighted by Crippen LogP contribution is -2.67. The van der Waals surface area contributed by atoms with Crippen molar-refractivity contribution < 1.29 is 52.7 Å². The van der Waals surface area contributed by atoms with E-state index in [9.17, 15) is 52.7 Å². The van der Waals surface area contributed by atoms with Crippen molar-refractivity contribution in [2.75, 3.05) is 0 Å². The summed E-state index contributed by atoms with van der Waals surface area (Å²) in [6.45, 7) is 0. The molecule has 0 aliphatic heterocycles. The third kappa shape index (κ3) is 2.42. The zero-order valence-corrected chi connectivity index (χ0v) is 8.75. The van der Waals surface area contributed by atoms with Gasteiger partial charge in [0.1, 0.15) is 0 Å². The second-order valence-electron chi connectivity index (χ2n) is 3.14. The molecule has 19 heavy (non-hydrogen) atoms. The number of hydrogen-bond donors (Lipinski definition) is 0. The molecule has 0 aromatic carbocycles. The van der Waals surface area contributed by atoms with Crippen LogP contribution in [0.2, 0.25) is 0 Å². The molecule has 0 saturated carbocycles. The maximum atomic E-state index is 12.5. The van der Waals surface area contributed by atoms with Crippen LogP contribution in [0.25, 0.3) is 0 Å². The summed E-state index contributed by atoms with van der Waals surface area (Å²) < 4.78 is 145. The molecule has 0 rings (SSSR count). The molecule has 116 valence electrons. The summed E-state index contributed by atoms with van der Waals surface area (Å²) in [6, 6.07) is 0. The third-order valence-corrected chi connectivity index (χ3v) is 2.11. The molecule has 1 atom stereocenters. The Morgan fingerprint density at radius 2 is 0.895 bits per heavy atom. The molecule has 0 aliphatic carbocycles. The summed E-state index contributed by atoms with van der Waals surface area (Å²) in [6.07, 6.45) is -7.27. The van der Waals surface area contributed by atoms with Gasteiger partial charge in [0.25, 0.3) is 0 Å². The maximum absolute atomic E-state index is 12.5. The van der Waals surface area contributed by atoms with Gasteiger partial charge in [-0.15, -0.1) is 0 Å². The predicted octanol–water partition coefficient (Wildman–Crippen LogP) is 4.62. The highest BCUT2D eigenvalue weighted by molar-refractivity contribution is 6.20. The minimum atomic E-state index is -7.62. The van der Waals surface area contributed by atoms with Gasteiger partial charge >= 0.3 is 29.9 Å². The van der Waals surface area contributed by atoms with Gasteiger partial charge in [0, 0.05) is 0 Å². The van der Waals surface area contributed by atoms with Gasteiger partial charge in [-0.05, 0) is 0 Å². The molecule has 0 aliphatic rings. The Kier molecular flexibility index (Phi) is 4.35. The molecule has 0 nitrogen and oxygen atoms in total. The molecule has 0 spiro atoms. The minimum absolute atomic E-state index is 3.77. The van der Waals surface area contributed by atoms with Gasteiger partial charge in [0.2, 0.25) is 5.63 Å². The van der Waals surface area contributed by atoms with Crippen molar-refractivity contribution in [2.24, 2.45) is 0 Å². The average molecular weight is 337 g/mol. The molecule has 0 aromatic heterocycles. The molecule has 0 saturated heterocycles. The van der Waals surface area contributed by atoms with E-state index in [1.165, 1.54) is 0 Å². The SMILES string of the molecule is FC(Cl)C(F)(F)C(F)(F)C(F)(F)C(F)(F)C(F)(F)F. The van der Waals surface area contributed by atoms with Crippen molar-refractivity contribution in [1.29, 1.82) is 0 Å². The van der Waals surface area contributed by atoms with Crippen LogP contribution in [0.15, 0.2) is 0 Å². The third-order valence-electron chi connectivity index (χ3n) is 1.84. The van der Waals surface area contributed by atoms with Crippen LogP contribution in [0.5, 0.6) is 0 Å². The van der Waals surface area contributed by atoms with Crippen LogP contribution in [-0.2, 0) is 0 Å². The van der Waals surface area contributed by atoms with Gasteiger partial charge in [-0.25, -0.2) is 4.39 Å². The average Bonchev–Trinajstić information content (AvgIpc) is 2.14. The topological polar surface area (TPSA) is 0 Å². The predicted molar refractivity (Wildman–Crippen MR) is 36.6 cm³/mol. The second-order valence-corrected chi connectivity index (χ2v) is 3.53. The molecule has 13 heteroatoms. The Hall–Kier alpha value is -0.550. The molecular weight excluding hydrogens is 335 g/mol. The van der Waals surface area contributed by atoms with Crippen LogP contribution in [0.4, 0.5) is 52.7 Å². The van der Waals surface area contributed by atoms with Gasteiger partial charge in [-0.2, -0.15) is 48.3 Å². The lowest BCUT2D eigenvalue weighted by molar-refractivity contribution is -0.424. The zero-order valence-electron chi connectivity index (χ0n) is 7.99. The monoisotopic (exact) mass is 336 g/mol. The van der Waals surface area contributed by atoms with Crippen molar-refractivity contribution in [3.63, 3.8) is 0 Å².